The zero-order valence-electron chi connectivity index (χ0n) is 10.6. The van der Waals surface area contributed by atoms with Crippen LogP contribution < -0.4 is 9.47 Å². The molecule has 4 heteroatoms. The van der Waals surface area contributed by atoms with Crippen LogP contribution in [0.1, 0.15) is 12.5 Å². The summed E-state index contributed by atoms with van der Waals surface area (Å²) in [5.74, 6) is 1.99. The molecule has 0 aromatic heterocycles. The van der Waals surface area contributed by atoms with E-state index in [1.807, 2.05) is 25.1 Å². The maximum atomic E-state index is 9.30. The minimum Gasteiger partial charge on any atom is -0.494 e. The number of rotatable bonds is 5. The van der Waals surface area contributed by atoms with Crippen LogP contribution in [0.5, 0.6) is 17.2 Å². The lowest BCUT2D eigenvalue weighted by Gasteiger charge is -2.11. The molecule has 2 rings (SSSR count). The highest BCUT2D eigenvalue weighted by Crippen LogP contribution is 2.29. The van der Waals surface area contributed by atoms with E-state index in [0.717, 1.165) is 5.75 Å². The van der Waals surface area contributed by atoms with Crippen molar-refractivity contribution < 1.29 is 14.6 Å². The number of hydrogen-bond donors (Lipinski definition) is 1. The molecule has 0 atom stereocenters. The molecule has 2 aromatic carbocycles. The van der Waals surface area contributed by atoms with Crippen molar-refractivity contribution in [3.63, 3.8) is 0 Å². The van der Waals surface area contributed by atoms with Crippen molar-refractivity contribution in [1.29, 1.82) is 0 Å². The Bertz CT molecular complexity index is 555. The first-order valence-electron chi connectivity index (χ1n) is 6.03. The molecule has 3 nitrogen and oxygen atoms in total. The van der Waals surface area contributed by atoms with Crippen LogP contribution in [0.25, 0.3) is 0 Å². The van der Waals surface area contributed by atoms with Crippen LogP contribution >= 0.6 is 11.6 Å². The van der Waals surface area contributed by atoms with Gasteiger partial charge in [0, 0.05) is 16.7 Å². The first-order chi connectivity index (χ1) is 9.22. The number of hydrogen-bond acceptors (Lipinski definition) is 3. The Hall–Kier alpha value is -1.71. The number of ether oxygens (including phenoxy) is 2. The molecule has 0 aliphatic carbocycles. The summed E-state index contributed by atoms with van der Waals surface area (Å²) in [6.07, 6.45) is 0. The van der Waals surface area contributed by atoms with Gasteiger partial charge in [0.2, 0.25) is 0 Å². The second-order valence-corrected chi connectivity index (χ2v) is 4.36. The normalized spacial score (nSPS) is 10.3. The fraction of sp³-hybridized carbons (Fsp3) is 0.200. The molecule has 19 heavy (non-hydrogen) atoms. The topological polar surface area (TPSA) is 38.7 Å². The van der Waals surface area contributed by atoms with Crippen LogP contribution in [0, 0.1) is 0 Å². The van der Waals surface area contributed by atoms with E-state index in [-0.39, 0.29) is 6.61 Å². The Kier molecular flexibility index (Phi) is 4.66. The van der Waals surface area contributed by atoms with Gasteiger partial charge >= 0.3 is 0 Å². The summed E-state index contributed by atoms with van der Waals surface area (Å²) in [5, 5.41) is 9.87. The zero-order valence-corrected chi connectivity index (χ0v) is 11.4. The van der Waals surface area contributed by atoms with E-state index < -0.39 is 0 Å². The molecule has 0 radical (unpaired) electrons. The SMILES string of the molecule is CCOc1cccc(Oc2ccc(Cl)cc2CO)c1. The highest BCUT2D eigenvalue weighted by molar-refractivity contribution is 6.30. The van der Waals surface area contributed by atoms with Crippen LogP contribution in [0.2, 0.25) is 5.02 Å². The molecule has 0 aliphatic heterocycles. The smallest absolute Gasteiger partial charge is 0.133 e. The Balaban J connectivity index is 2.23. The summed E-state index contributed by atoms with van der Waals surface area (Å²) in [6, 6.07) is 12.5. The van der Waals surface area contributed by atoms with Crippen molar-refractivity contribution in [2.45, 2.75) is 13.5 Å². The van der Waals surface area contributed by atoms with Gasteiger partial charge in [-0.05, 0) is 37.3 Å². The summed E-state index contributed by atoms with van der Waals surface area (Å²) in [6.45, 7) is 2.41. The molecule has 0 fully saturated rings. The third-order valence-corrected chi connectivity index (χ3v) is 2.77. The Morgan fingerprint density at radius 3 is 2.63 bits per heavy atom. The average molecular weight is 279 g/mol. The molecule has 0 aliphatic rings. The summed E-state index contributed by atoms with van der Waals surface area (Å²) in [7, 11) is 0. The Morgan fingerprint density at radius 2 is 1.89 bits per heavy atom. The second-order valence-electron chi connectivity index (χ2n) is 3.92. The standard InChI is InChI=1S/C15H15ClO3/c1-2-18-13-4-3-5-14(9-13)19-15-7-6-12(16)8-11(15)10-17/h3-9,17H,2,10H2,1H3. The van der Waals surface area contributed by atoms with Crippen LogP contribution in [0.15, 0.2) is 42.5 Å². The van der Waals surface area contributed by atoms with Gasteiger partial charge in [-0.2, -0.15) is 0 Å². The fourth-order valence-electron chi connectivity index (χ4n) is 1.69. The first kappa shape index (κ1) is 13.7. The maximum absolute atomic E-state index is 9.30. The predicted octanol–water partition coefficient (Wildman–Crippen LogP) is 4.02. The number of benzene rings is 2. The zero-order chi connectivity index (χ0) is 13.7. The quantitative estimate of drug-likeness (QED) is 0.898. The third-order valence-electron chi connectivity index (χ3n) is 2.54. The lowest BCUT2D eigenvalue weighted by molar-refractivity contribution is 0.276. The lowest BCUT2D eigenvalue weighted by atomic mass is 10.2. The van der Waals surface area contributed by atoms with Crippen molar-refractivity contribution in [3.8, 4) is 17.2 Å². The molecule has 2 aromatic rings. The van der Waals surface area contributed by atoms with Gasteiger partial charge in [-0.15, -0.1) is 0 Å². The summed E-state index contributed by atoms with van der Waals surface area (Å²) in [4.78, 5) is 0. The Morgan fingerprint density at radius 1 is 1.11 bits per heavy atom. The molecule has 0 heterocycles. The first-order valence-corrected chi connectivity index (χ1v) is 6.40. The van der Waals surface area contributed by atoms with Gasteiger partial charge in [0.1, 0.15) is 17.2 Å². The summed E-state index contributed by atoms with van der Waals surface area (Å²) in [5.41, 5.74) is 0.648. The second kappa shape index (κ2) is 6.45. The van der Waals surface area contributed by atoms with Crippen molar-refractivity contribution in [1.82, 2.24) is 0 Å². The largest absolute Gasteiger partial charge is 0.494 e. The van der Waals surface area contributed by atoms with Crippen LogP contribution in [0.4, 0.5) is 0 Å². The van der Waals surface area contributed by atoms with Crippen molar-refractivity contribution in [2.75, 3.05) is 6.61 Å². The minimum atomic E-state index is -0.124. The van der Waals surface area contributed by atoms with E-state index in [1.54, 1.807) is 24.3 Å². The van der Waals surface area contributed by atoms with Crippen LogP contribution in [-0.2, 0) is 6.61 Å². The van der Waals surface area contributed by atoms with E-state index >= 15 is 0 Å². The summed E-state index contributed by atoms with van der Waals surface area (Å²) < 4.78 is 11.2. The number of aliphatic hydroxyl groups is 1. The van der Waals surface area contributed by atoms with Gasteiger partial charge < -0.3 is 14.6 Å². The molecular formula is C15H15ClO3. The van der Waals surface area contributed by atoms with Gasteiger partial charge in [-0.25, -0.2) is 0 Å². The van der Waals surface area contributed by atoms with Crippen LogP contribution in [-0.4, -0.2) is 11.7 Å². The fourth-order valence-corrected chi connectivity index (χ4v) is 1.89. The van der Waals surface area contributed by atoms with E-state index in [9.17, 15) is 5.11 Å². The molecule has 1 N–H and O–H groups in total. The number of halogens is 1. The minimum absolute atomic E-state index is 0.124. The van der Waals surface area contributed by atoms with E-state index in [2.05, 4.69) is 0 Å². The molecule has 0 unspecified atom stereocenters. The Labute approximate surface area is 117 Å². The van der Waals surface area contributed by atoms with Crippen LogP contribution in [0.3, 0.4) is 0 Å². The summed E-state index contributed by atoms with van der Waals surface area (Å²) >= 11 is 5.88. The monoisotopic (exact) mass is 278 g/mol. The molecule has 0 saturated carbocycles. The van der Waals surface area contributed by atoms with E-state index in [0.29, 0.717) is 28.7 Å². The van der Waals surface area contributed by atoms with Gasteiger partial charge in [0.25, 0.3) is 0 Å². The van der Waals surface area contributed by atoms with Crippen molar-refractivity contribution in [3.05, 3.63) is 53.1 Å². The molecule has 100 valence electrons. The van der Waals surface area contributed by atoms with E-state index in [4.69, 9.17) is 21.1 Å². The van der Waals surface area contributed by atoms with Gasteiger partial charge in [-0.1, -0.05) is 17.7 Å². The molecule has 0 amide bonds. The van der Waals surface area contributed by atoms with Crippen molar-refractivity contribution in [2.24, 2.45) is 0 Å². The van der Waals surface area contributed by atoms with Crippen molar-refractivity contribution >= 4 is 11.6 Å². The van der Waals surface area contributed by atoms with Gasteiger partial charge in [0.15, 0.2) is 0 Å². The van der Waals surface area contributed by atoms with Gasteiger partial charge in [0.05, 0.1) is 13.2 Å². The average Bonchev–Trinajstić information content (AvgIpc) is 2.41. The third kappa shape index (κ3) is 3.63. The number of aliphatic hydroxyl groups excluding tert-OH is 1. The molecule has 0 saturated heterocycles. The highest BCUT2D eigenvalue weighted by atomic mass is 35.5. The maximum Gasteiger partial charge on any atom is 0.133 e. The molecule has 0 bridgehead atoms. The molecular weight excluding hydrogens is 264 g/mol. The molecule has 0 spiro atoms. The predicted molar refractivity (Wildman–Crippen MR) is 75.1 cm³/mol. The lowest BCUT2D eigenvalue weighted by Crippen LogP contribution is -1.94. The van der Waals surface area contributed by atoms with E-state index in [1.165, 1.54) is 0 Å². The highest BCUT2D eigenvalue weighted by Gasteiger charge is 2.06. The van der Waals surface area contributed by atoms with Gasteiger partial charge in [-0.3, -0.25) is 0 Å².